The minimum absolute atomic E-state index is 0.0758. The molecule has 0 saturated heterocycles. The highest BCUT2D eigenvalue weighted by atomic mass is 32.1. The van der Waals surface area contributed by atoms with Gasteiger partial charge in [-0.3, -0.25) is 19.3 Å². The Hall–Kier alpha value is -2.74. The molecular formula is C16H17N5O2S. The molecule has 2 amide bonds. The van der Waals surface area contributed by atoms with Gasteiger partial charge < -0.3 is 5.32 Å². The van der Waals surface area contributed by atoms with E-state index in [9.17, 15) is 9.59 Å². The van der Waals surface area contributed by atoms with E-state index in [0.29, 0.717) is 16.5 Å². The van der Waals surface area contributed by atoms with Crippen LogP contribution >= 0.6 is 11.3 Å². The lowest BCUT2D eigenvalue weighted by Gasteiger charge is -2.20. The molecule has 0 radical (unpaired) electrons. The number of fused-ring (bicyclic) bond motifs is 1. The topological polar surface area (TPSA) is 88.4 Å². The molecule has 0 aliphatic rings. The van der Waals surface area contributed by atoms with Gasteiger partial charge in [0.05, 0.1) is 4.88 Å². The van der Waals surface area contributed by atoms with Crippen LogP contribution in [0.4, 0.5) is 5.95 Å². The summed E-state index contributed by atoms with van der Waals surface area (Å²) in [7, 11) is 0. The van der Waals surface area contributed by atoms with Crippen molar-refractivity contribution < 1.29 is 9.59 Å². The predicted molar refractivity (Wildman–Crippen MR) is 92.0 cm³/mol. The van der Waals surface area contributed by atoms with Crippen LogP contribution < -0.4 is 10.6 Å². The second-order valence-electron chi connectivity index (χ2n) is 5.61. The van der Waals surface area contributed by atoms with Crippen LogP contribution in [-0.2, 0) is 4.79 Å². The van der Waals surface area contributed by atoms with Gasteiger partial charge in [0.1, 0.15) is 6.04 Å². The molecule has 124 valence electrons. The van der Waals surface area contributed by atoms with Crippen molar-refractivity contribution in [1.82, 2.24) is 19.9 Å². The molecule has 0 aliphatic heterocycles. The van der Waals surface area contributed by atoms with Crippen molar-refractivity contribution in [3.05, 3.63) is 46.8 Å². The summed E-state index contributed by atoms with van der Waals surface area (Å²) < 4.78 is 1.68. The number of anilines is 1. The molecule has 0 spiro atoms. The second kappa shape index (κ2) is 6.79. The van der Waals surface area contributed by atoms with Gasteiger partial charge in [0.15, 0.2) is 5.65 Å². The highest BCUT2D eigenvalue weighted by molar-refractivity contribution is 7.12. The summed E-state index contributed by atoms with van der Waals surface area (Å²) in [4.78, 5) is 25.4. The lowest BCUT2D eigenvalue weighted by atomic mass is 10.0. The van der Waals surface area contributed by atoms with Crippen LogP contribution in [0.5, 0.6) is 0 Å². The zero-order chi connectivity index (χ0) is 17.1. The fourth-order valence-electron chi connectivity index (χ4n) is 2.27. The second-order valence-corrected chi connectivity index (χ2v) is 6.56. The summed E-state index contributed by atoms with van der Waals surface area (Å²) in [5, 5.41) is 15.3. The number of carbonyl (C=O) groups is 2. The van der Waals surface area contributed by atoms with E-state index in [0.717, 1.165) is 0 Å². The maximum Gasteiger partial charge on any atom is 0.262 e. The van der Waals surface area contributed by atoms with Gasteiger partial charge in [-0.25, -0.2) is 0 Å². The number of carbonyl (C=O) groups excluding carboxylic acids is 2. The molecule has 24 heavy (non-hydrogen) atoms. The van der Waals surface area contributed by atoms with Gasteiger partial charge in [0.2, 0.25) is 11.9 Å². The van der Waals surface area contributed by atoms with Crippen LogP contribution in [0, 0.1) is 5.92 Å². The number of pyridine rings is 1. The van der Waals surface area contributed by atoms with Crippen molar-refractivity contribution >= 4 is 34.7 Å². The van der Waals surface area contributed by atoms with Crippen LogP contribution in [0.3, 0.4) is 0 Å². The molecule has 0 bridgehead atoms. The summed E-state index contributed by atoms with van der Waals surface area (Å²) in [6.45, 7) is 3.75. The van der Waals surface area contributed by atoms with Gasteiger partial charge in [-0.1, -0.05) is 26.0 Å². The number of thiophene rings is 1. The molecule has 3 rings (SSSR count). The highest BCUT2D eigenvalue weighted by Crippen LogP contribution is 2.12. The van der Waals surface area contributed by atoms with Crippen LogP contribution in [-0.4, -0.2) is 32.5 Å². The molecule has 0 aliphatic carbocycles. The van der Waals surface area contributed by atoms with E-state index in [2.05, 4.69) is 20.8 Å². The number of rotatable bonds is 5. The first-order valence-electron chi connectivity index (χ1n) is 7.51. The summed E-state index contributed by atoms with van der Waals surface area (Å²) in [6.07, 6.45) is 1.76. The Labute approximate surface area is 142 Å². The van der Waals surface area contributed by atoms with Gasteiger partial charge in [-0.15, -0.1) is 21.5 Å². The van der Waals surface area contributed by atoms with Crippen molar-refractivity contribution in [2.45, 2.75) is 19.9 Å². The van der Waals surface area contributed by atoms with E-state index in [1.54, 1.807) is 28.8 Å². The average molecular weight is 343 g/mol. The molecular weight excluding hydrogens is 326 g/mol. The van der Waals surface area contributed by atoms with Gasteiger partial charge in [-0.05, 0) is 29.5 Å². The normalized spacial score (nSPS) is 12.3. The van der Waals surface area contributed by atoms with Gasteiger partial charge in [-0.2, -0.15) is 0 Å². The van der Waals surface area contributed by atoms with Crippen molar-refractivity contribution in [2.24, 2.45) is 5.92 Å². The van der Waals surface area contributed by atoms with E-state index >= 15 is 0 Å². The monoisotopic (exact) mass is 343 g/mol. The van der Waals surface area contributed by atoms with Crippen LogP contribution in [0.1, 0.15) is 23.5 Å². The number of nitrogens with one attached hydrogen (secondary N) is 2. The fourth-order valence-corrected chi connectivity index (χ4v) is 2.90. The third-order valence-corrected chi connectivity index (χ3v) is 4.40. The third-order valence-electron chi connectivity index (χ3n) is 3.53. The van der Waals surface area contributed by atoms with Crippen LogP contribution in [0.25, 0.3) is 5.65 Å². The molecule has 3 aromatic heterocycles. The molecule has 1 unspecified atom stereocenters. The van der Waals surface area contributed by atoms with E-state index in [1.807, 2.05) is 31.4 Å². The Balaban J connectivity index is 1.76. The Morgan fingerprint density at radius 3 is 2.71 bits per heavy atom. The first-order chi connectivity index (χ1) is 11.6. The Bertz CT molecular complexity index is 856. The minimum atomic E-state index is -0.671. The van der Waals surface area contributed by atoms with Crippen molar-refractivity contribution in [2.75, 3.05) is 5.32 Å². The Morgan fingerprint density at radius 1 is 1.17 bits per heavy atom. The van der Waals surface area contributed by atoms with Crippen LogP contribution in [0.2, 0.25) is 0 Å². The first kappa shape index (κ1) is 16.1. The molecule has 7 nitrogen and oxygen atoms in total. The third kappa shape index (κ3) is 3.28. The standard InChI is InChI=1S/C16H17N5O2S/c1-10(2)13(17-14(22)11-6-5-9-24-11)15(23)18-16-20-19-12-7-3-4-8-21(12)16/h3-10,13H,1-2H3,(H,17,22)(H,18,20,23). The van der Waals surface area contributed by atoms with Gasteiger partial charge in [0.25, 0.3) is 5.91 Å². The number of hydrogen-bond acceptors (Lipinski definition) is 5. The number of hydrogen-bond donors (Lipinski definition) is 2. The summed E-state index contributed by atoms with van der Waals surface area (Å²) in [5.74, 6) is -0.335. The largest absolute Gasteiger partial charge is 0.339 e. The highest BCUT2D eigenvalue weighted by Gasteiger charge is 2.26. The number of amides is 2. The van der Waals surface area contributed by atoms with Crippen LogP contribution in [0.15, 0.2) is 41.9 Å². The molecule has 2 N–H and O–H groups in total. The smallest absolute Gasteiger partial charge is 0.262 e. The van der Waals surface area contributed by atoms with Crippen molar-refractivity contribution in [1.29, 1.82) is 0 Å². The predicted octanol–water partition coefficient (Wildman–Crippen LogP) is 2.18. The van der Waals surface area contributed by atoms with E-state index in [-0.39, 0.29) is 17.7 Å². The molecule has 3 aromatic rings. The Kier molecular flexibility index (Phi) is 4.57. The van der Waals surface area contributed by atoms with Gasteiger partial charge >= 0.3 is 0 Å². The molecule has 0 aromatic carbocycles. The fraction of sp³-hybridized carbons (Fsp3) is 0.250. The summed E-state index contributed by atoms with van der Waals surface area (Å²) in [5.41, 5.74) is 0.636. The average Bonchev–Trinajstić information content (AvgIpc) is 3.22. The Morgan fingerprint density at radius 2 is 2.00 bits per heavy atom. The minimum Gasteiger partial charge on any atom is -0.339 e. The maximum atomic E-state index is 12.6. The number of aromatic nitrogens is 3. The SMILES string of the molecule is CC(C)C(NC(=O)c1cccs1)C(=O)Nc1nnc2ccccn12. The molecule has 1 atom stereocenters. The van der Waals surface area contributed by atoms with Gasteiger partial charge in [0, 0.05) is 6.20 Å². The van der Waals surface area contributed by atoms with E-state index < -0.39 is 6.04 Å². The zero-order valence-corrected chi connectivity index (χ0v) is 14.1. The van der Waals surface area contributed by atoms with Crippen molar-refractivity contribution in [3.63, 3.8) is 0 Å². The zero-order valence-electron chi connectivity index (χ0n) is 13.3. The molecule has 0 saturated carbocycles. The molecule has 3 heterocycles. The first-order valence-corrected chi connectivity index (χ1v) is 8.39. The lowest BCUT2D eigenvalue weighted by molar-refractivity contribution is -0.118. The maximum absolute atomic E-state index is 12.6. The molecule has 0 fully saturated rings. The molecule has 8 heteroatoms. The lowest BCUT2D eigenvalue weighted by Crippen LogP contribution is -2.47. The van der Waals surface area contributed by atoms with E-state index in [1.165, 1.54) is 11.3 Å². The van der Waals surface area contributed by atoms with E-state index in [4.69, 9.17) is 0 Å². The quantitative estimate of drug-likeness (QED) is 0.743. The van der Waals surface area contributed by atoms with Crippen molar-refractivity contribution in [3.8, 4) is 0 Å². The number of nitrogens with zero attached hydrogens (tertiary/aromatic N) is 3. The summed E-state index contributed by atoms with van der Waals surface area (Å²) in [6, 6.07) is 8.31. The summed E-state index contributed by atoms with van der Waals surface area (Å²) >= 11 is 1.33.